The van der Waals surface area contributed by atoms with Crippen molar-refractivity contribution in [2.75, 3.05) is 7.11 Å². The van der Waals surface area contributed by atoms with Gasteiger partial charge in [0.05, 0.1) is 12.7 Å². The van der Waals surface area contributed by atoms with Crippen molar-refractivity contribution in [2.24, 2.45) is 0 Å². The van der Waals surface area contributed by atoms with Gasteiger partial charge in [-0.05, 0) is 30.0 Å². The first kappa shape index (κ1) is 19.6. The van der Waals surface area contributed by atoms with Crippen molar-refractivity contribution in [3.63, 3.8) is 0 Å². The topological polar surface area (TPSA) is 52.6 Å². The van der Waals surface area contributed by atoms with Crippen LogP contribution in [0.2, 0.25) is 0 Å². The Kier molecular flexibility index (Phi) is 5.80. The van der Waals surface area contributed by atoms with Gasteiger partial charge in [-0.25, -0.2) is 9.18 Å². The van der Waals surface area contributed by atoms with Crippen LogP contribution in [-0.2, 0) is 10.2 Å². The van der Waals surface area contributed by atoms with Gasteiger partial charge < -0.3 is 9.47 Å². The fraction of sp³-hybridized carbons (Fsp3) is 0.333. The molecule has 0 fully saturated rings. The van der Waals surface area contributed by atoms with E-state index in [1.165, 1.54) is 26.2 Å². The largest absolute Gasteiger partial charge is 0.497 e. The summed E-state index contributed by atoms with van der Waals surface area (Å²) in [4.78, 5) is 24.6. The molecule has 138 valence electrons. The molecule has 0 aliphatic rings. The van der Waals surface area contributed by atoms with Gasteiger partial charge in [-0.1, -0.05) is 45.0 Å². The number of ketones is 1. The summed E-state index contributed by atoms with van der Waals surface area (Å²) in [6.45, 7) is 7.71. The van der Waals surface area contributed by atoms with E-state index in [1.54, 1.807) is 12.1 Å². The molecule has 2 aromatic carbocycles. The molecule has 0 radical (unpaired) electrons. The standard InChI is InChI=1S/C21H23FO4/c1-13(19(23)14-6-8-15(9-7-14)21(2,3)4)26-20(24)17-11-10-16(25-5)12-18(17)22/h6-13H,1-5H3/t13-/m0/s1. The normalized spacial score (nSPS) is 12.4. The number of carbonyl (C=O) groups is 2. The van der Waals surface area contributed by atoms with Gasteiger partial charge in [0.2, 0.25) is 5.78 Å². The molecule has 1 atom stereocenters. The minimum absolute atomic E-state index is 0.0223. The van der Waals surface area contributed by atoms with Gasteiger partial charge in [0.15, 0.2) is 6.10 Å². The summed E-state index contributed by atoms with van der Waals surface area (Å²) in [6.07, 6.45) is -1.02. The third kappa shape index (κ3) is 4.48. The van der Waals surface area contributed by atoms with E-state index in [9.17, 15) is 14.0 Å². The van der Waals surface area contributed by atoms with Crippen molar-refractivity contribution in [3.8, 4) is 5.75 Å². The Bertz CT molecular complexity index is 804. The molecule has 0 N–H and O–H groups in total. The summed E-state index contributed by atoms with van der Waals surface area (Å²) in [5, 5.41) is 0. The van der Waals surface area contributed by atoms with Gasteiger partial charge in [-0.2, -0.15) is 0 Å². The highest BCUT2D eigenvalue weighted by Crippen LogP contribution is 2.23. The molecular weight excluding hydrogens is 335 g/mol. The Labute approximate surface area is 152 Å². The molecular formula is C21H23FO4. The maximum Gasteiger partial charge on any atom is 0.341 e. The monoisotopic (exact) mass is 358 g/mol. The van der Waals surface area contributed by atoms with Crippen molar-refractivity contribution < 1.29 is 23.5 Å². The molecule has 0 aliphatic heterocycles. The van der Waals surface area contributed by atoms with E-state index in [2.05, 4.69) is 20.8 Å². The third-order valence-corrected chi connectivity index (χ3v) is 4.08. The summed E-state index contributed by atoms with van der Waals surface area (Å²) in [7, 11) is 1.40. The van der Waals surface area contributed by atoms with Crippen LogP contribution in [0.1, 0.15) is 54.0 Å². The summed E-state index contributed by atoms with van der Waals surface area (Å²) >= 11 is 0. The second-order valence-electron chi connectivity index (χ2n) is 7.08. The number of esters is 1. The first-order valence-electron chi connectivity index (χ1n) is 8.32. The van der Waals surface area contributed by atoms with Crippen LogP contribution in [0.25, 0.3) is 0 Å². The Morgan fingerprint density at radius 3 is 2.15 bits per heavy atom. The molecule has 0 heterocycles. The van der Waals surface area contributed by atoms with Crippen molar-refractivity contribution in [1.29, 1.82) is 0 Å². The Morgan fingerprint density at radius 2 is 1.65 bits per heavy atom. The van der Waals surface area contributed by atoms with Crippen LogP contribution in [0.4, 0.5) is 4.39 Å². The minimum atomic E-state index is -1.02. The van der Waals surface area contributed by atoms with E-state index in [4.69, 9.17) is 9.47 Å². The van der Waals surface area contributed by atoms with E-state index in [1.807, 2.05) is 12.1 Å². The number of carbonyl (C=O) groups excluding carboxylic acids is 2. The average molecular weight is 358 g/mol. The first-order valence-corrected chi connectivity index (χ1v) is 8.32. The van der Waals surface area contributed by atoms with Gasteiger partial charge in [-0.3, -0.25) is 4.79 Å². The predicted octanol–water partition coefficient (Wildman–Crippen LogP) is 4.56. The zero-order chi connectivity index (χ0) is 19.5. The van der Waals surface area contributed by atoms with Crippen molar-refractivity contribution >= 4 is 11.8 Å². The zero-order valence-electron chi connectivity index (χ0n) is 15.6. The maximum absolute atomic E-state index is 14.0. The lowest BCUT2D eigenvalue weighted by molar-refractivity contribution is 0.0314. The lowest BCUT2D eigenvalue weighted by atomic mass is 9.86. The number of hydrogen-bond donors (Lipinski definition) is 0. The average Bonchev–Trinajstić information content (AvgIpc) is 2.60. The number of hydrogen-bond acceptors (Lipinski definition) is 4. The third-order valence-electron chi connectivity index (χ3n) is 4.08. The highest BCUT2D eigenvalue weighted by Gasteiger charge is 2.23. The quantitative estimate of drug-likeness (QED) is 0.581. The molecule has 4 nitrogen and oxygen atoms in total. The molecule has 26 heavy (non-hydrogen) atoms. The predicted molar refractivity (Wildman–Crippen MR) is 97.3 cm³/mol. The number of rotatable bonds is 5. The van der Waals surface area contributed by atoms with E-state index >= 15 is 0 Å². The van der Waals surface area contributed by atoms with Crippen LogP contribution in [0.5, 0.6) is 5.75 Å². The number of methoxy groups -OCH3 is 1. The van der Waals surface area contributed by atoms with Crippen LogP contribution in [0, 0.1) is 5.82 Å². The van der Waals surface area contributed by atoms with Crippen LogP contribution >= 0.6 is 0 Å². The summed E-state index contributed by atoms with van der Waals surface area (Å²) in [5.74, 6) is -1.70. The first-order chi connectivity index (χ1) is 12.1. The van der Waals surface area contributed by atoms with Crippen molar-refractivity contribution in [2.45, 2.75) is 39.2 Å². The van der Waals surface area contributed by atoms with Crippen LogP contribution in [-0.4, -0.2) is 25.0 Å². The lowest BCUT2D eigenvalue weighted by Gasteiger charge is -2.19. The molecule has 0 saturated carbocycles. The smallest absolute Gasteiger partial charge is 0.341 e. The lowest BCUT2D eigenvalue weighted by Crippen LogP contribution is -2.25. The van der Waals surface area contributed by atoms with Crippen molar-refractivity contribution in [3.05, 3.63) is 65.0 Å². The second-order valence-corrected chi connectivity index (χ2v) is 7.08. The summed E-state index contributed by atoms with van der Waals surface area (Å²) in [5.41, 5.74) is 1.27. The van der Waals surface area contributed by atoms with Crippen molar-refractivity contribution in [1.82, 2.24) is 0 Å². The Balaban J connectivity index is 2.10. The van der Waals surface area contributed by atoms with Crippen LogP contribution in [0.3, 0.4) is 0 Å². The summed E-state index contributed by atoms with van der Waals surface area (Å²) in [6, 6.07) is 11.0. The Morgan fingerprint density at radius 1 is 1.04 bits per heavy atom. The van der Waals surface area contributed by atoms with Crippen LogP contribution in [0.15, 0.2) is 42.5 Å². The molecule has 2 rings (SSSR count). The molecule has 5 heteroatoms. The molecule has 0 bridgehead atoms. The number of ether oxygens (including phenoxy) is 2. The highest BCUT2D eigenvalue weighted by molar-refractivity contribution is 6.01. The van der Waals surface area contributed by atoms with E-state index < -0.39 is 17.9 Å². The molecule has 2 aromatic rings. The highest BCUT2D eigenvalue weighted by atomic mass is 19.1. The zero-order valence-corrected chi connectivity index (χ0v) is 15.6. The number of Topliss-reactive ketones (excluding diaryl/α,β-unsaturated/α-hetero) is 1. The fourth-order valence-electron chi connectivity index (χ4n) is 2.44. The second kappa shape index (κ2) is 7.68. The summed E-state index contributed by atoms with van der Waals surface area (Å²) < 4.78 is 24.0. The molecule has 0 aromatic heterocycles. The molecule has 0 spiro atoms. The van der Waals surface area contributed by atoms with E-state index in [0.717, 1.165) is 11.6 Å². The number of benzene rings is 2. The molecule has 0 aliphatic carbocycles. The maximum atomic E-state index is 14.0. The van der Waals surface area contributed by atoms with E-state index in [-0.39, 0.29) is 16.8 Å². The number of halogens is 1. The fourth-order valence-corrected chi connectivity index (χ4v) is 2.44. The molecule has 0 amide bonds. The van der Waals surface area contributed by atoms with Gasteiger partial charge in [0.25, 0.3) is 0 Å². The van der Waals surface area contributed by atoms with Gasteiger partial charge >= 0.3 is 5.97 Å². The van der Waals surface area contributed by atoms with E-state index in [0.29, 0.717) is 11.3 Å². The molecule has 0 saturated heterocycles. The Hall–Kier alpha value is -2.69. The van der Waals surface area contributed by atoms with Gasteiger partial charge in [-0.15, -0.1) is 0 Å². The molecule has 0 unspecified atom stereocenters. The SMILES string of the molecule is COc1ccc(C(=O)O[C@@H](C)C(=O)c2ccc(C(C)(C)C)cc2)c(F)c1. The van der Waals surface area contributed by atoms with Gasteiger partial charge in [0.1, 0.15) is 11.6 Å². The van der Waals surface area contributed by atoms with Crippen LogP contribution < -0.4 is 4.74 Å². The van der Waals surface area contributed by atoms with Gasteiger partial charge in [0, 0.05) is 11.6 Å². The minimum Gasteiger partial charge on any atom is -0.497 e.